The van der Waals surface area contributed by atoms with E-state index in [0.29, 0.717) is 12.2 Å². The van der Waals surface area contributed by atoms with Gasteiger partial charge in [0.15, 0.2) is 0 Å². The van der Waals surface area contributed by atoms with Gasteiger partial charge in [0.1, 0.15) is 18.1 Å². The molecular formula is C20H36N6O7S. The maximum Gasteiger partial charge on any atom is 0.326 e. The Morgan fingerprint density at radius 3 is 1.82 bits per heavy atom. The van der Waals surface area contributed by atoms with Crippen LogP contribution in [0.25, 0.3) is 0 Å². The first kappa shape index (κ1) is 31.1. The Bertz CT molecular complexity index is 749. The Morgan fingerprint density at radius 1 is 0.824 bits per heavy atom. The molecule has 0 heterocycles. The lowest BCUT2D eigenvalue weighted by Crippen LogP contribution is -2.57. The van der Waals surface area contributed by atoms with Crippen LogP contribution in [0.1, 0.15) is 46.0 Å². The van der Waals surface area contributed by atoms with Gasteiger partial charge in [0, 0.05) is 6.42 Å². The number of hydrogen-bond donors (Lipinski definition) is 7. The Balaban J connectivity index is 5.55. The Morgan fingerprint density at radius 2 is 1.35 bits per heavy atom. The zero-order chi connectivity index (χ0) is 26.4. The molecule has 0 aromatic heterocycles. The molecule has 10 N–H and O–H groups in total. The summed E-state index contributed by atoms with van der Waals surface area (Å²) in [5.74, 6) is -4.75. The van der Waals surface area contributed by atoms with Crippen molar-refractivity contribution in [1.82, 2.24) is 16.0 Å². The second-order valence-electron chi connectivity index (χ2n) is 8.21. The number of nitrogens with one attached hydrogen (secondary N) is 3. The van der Waals surface area contributed by atoms with Gasteiger partial charge in [-0.05, 0) is 37.2 Å². The topological polar surface area (TPSA) is 237 Å². The van der Waals surface area contributed by atoms with Gasteiger partial charge in [0.25, 0.3) is 0 Å². The van der Waals surface area contributed by atoms with Crippen molar-refractivity contribution in [2.24, 2.45) is 23.1 Å². The minimum atomic E-state index is -1.63. The Hall–Kier alpha value is -2.87. The van der Waals surface area contributed by atoms with Crippen LogP contribution in [-0.4, -0.2) is 76.8 Å². The third-order valence-corrected chi connectivity index (χ3v) is 5.29. The van der Waals surface area contributed by atoms with Crippen molar-refractivity contribution in [3.05, 3.63) is 0 Å². The summed E-state index contributed by atoms with van der Waals surface area (Å²) in [6.07, 6.45) is 1.32. The van der Waals surface area contributed by atoms with Gasteiger partial charge in [-0.15, -0.1) is 0 Å². The molecule has 0 saturated carbocycles. The second kappa shape index (κ2) is 15.9. The number of rotatable bonds is 17. The summed E-state index contributed by atoms with van der Waals surface area (Å²) >= 11 is 1.52. The normalized spacial score (nSPS) is 14.4. The van der Waals surface area contributed by atoms with Gasteiger partial charge in [-0.1, -0.05) is 13.8 Å². The maximum absolute atomic E-state index is 13.0. The van der Waals surface area contributed by atoms with E-state index in [2.05, 4.69) is 16.0 Å². The van der Waals surface area contributed by atoms with Crippen LogP contribution >= 0.6 is 11.8 Å². The van der Waals surface area contributed by atoms with Crippen LogP contribution in [0.4, 0.5) is 0 Å². The number of carboxylic acids is 1. The number of primary amides is 2. The summed E-state index contributed by atoms with van der Waals surface area (Å²) in [7, 11) is 0. The summed E-state index contributed by atoms with van der Waals surface area (Å²) in [6, 6.07) is -4.84. The summed E-state index contributed by atoms with van der Waals surface area (Å²) in [5, 5.41) is 16.4. The molecule has 0 aliphatic carbocycles. The first-order chi connectivity index (χ1) is 15.8. The summed E-state index contributed by atoms with van der Waals surface area (Å²) < 4.78 is 0. The maximum atomic E-state index is 13.0. The molecule has 0 spiro atoms. The fourth-order valence-corrected chi connectivity index (χ4v) is 3.35. The highest BCUT2D eigenvalue weighted by atomic mass is 32.2. The molecule has 0 aromatic carbocycles. The highest BCUT2D eigenvalue weighted by Crippen LogP contribution is 2.08. The van der Waals surface area contributed by atoms with E-state index in [-0.39, 0.29) is 25.2 Å². The predicted octanol–water partition coefficient (Wildman–Crippen LogP) is -2.21. The van der Waals surface area contributed by atoms with Crippen molar-refractivity contribution < 1.29 is 33.9 Å². The molecule has 0 fully saturated rings. The summed E-state index contributed by atoms with van der Waals surface area (Å²) in [4.78, 5) is 71.7. The number of carbonyl (C=O) groups is 6. The summed E-state index contributed by atoms with van der Waals surface area (Å²) in [5.41, 5.74) is 16.0. The van der Waals surface area contributed by atoms with E-state index in [1.807, 2.05) is 20.1 Å². The Labute approximate surface area is 202 Å². The van der Waals surface area contributed by atoms with Crippen LogP contribution in [0.5, 0.6) is 0 Å². The molecule has 0 rings (SSSR count). The summed E-state index contributed by atoms with van der Waals surface area (Å²) in [6.45, 7) is 3.66. The molecule has 4 atom stereocenters. The quantitative estimate of drug-likeness (QED) is 0.113. The number of carboxylic acid groups (broad SMARTS) is 1. The first-order valence-electron chi connectivity index (χ1n) is 10.7. The van der Waals surface area contributed by atoms with E-state index in [0.717, 1.165) is 0 Å². The van der Waals surface area contributed by atoms with Crippen LogP contribution in [0.15, 0.2) is 0 Å². The Kier molecular flexibility index (Phi) is 14.5. The number of carbonyl (C=O) groups excluding carboxylic acids is 5. The van der Waals surface area contributed by atoms with E-state index in [1.165, 1.54) is 11.8 Å². The fraction of sp³-hybridized carbons (Fsp3) is 0.700. The van der Waals surface area contributed by atoms with Crippen molar-refractivity contribution in [3.63, 3.8) is 0 Å². The van der Waals surface area contributed by atoms with Gasteiger partial charge < -0.3 is 38.3 Å². The van der Waals surface area contributed by atoms with Crippen LogP contribution in [0.2, 0.25) is 0 Å². The number of amides is 5. The molecule has 13 nitrogen and oxygen atoms in total. The lowest BCUT2D eigenvalue weighted by molar-refractivity contribution is -0.144. The van der Waals surface area contributed by atoms with Crippen molar-refractivity contribution in [1.29, 1.82) is 0 Å². The predicted molar refractivity (Wildman–Crippen MR) is 126 cm³/mol. The molecule has 0 radical (unpaired) electrons. The van der Waals surface area contributed by atoms with Gasteiger partial charge in [0.2, 0.25) is 29.5 Å². The average molecular weight is 505 g/mol. The number of hydrogen-bond acceptors (Lipinski definition) is 8. The molecule has 0 aromatic rings. The van der Waals surface area contributed by atoms with Crippen molar-refractivity contribution in [3.8, 4) is 0 Å². The van der Waals surface area contributed by atoms with Gasteiger partial charge in [-0.3, -0.25) is 24.0 Å². The van der Waals surface area contributed by atoms with Crippen molar-refractivity contribution in [2.45, 2.75) is 70.1 Å². The van der Waals surface area contributed by atoms with Crippen molar-refractivity contribution in [2.75, 3.05) is 12.0 Å². The van der Waals surface area contributed by atoms with Gasteiger partial charge in [-0.25, -0.2) is 4.79 Å². The van der Waals surface area contributed by atoms with Crippen LogP contribution in [0, 0.1) is 5.92 Å². The van der Waals surface area contributed by atoms with Crippen LogP contribution in [-0.2, 0) is 28.8 Å². The largest absolute Gasteiger partial charge is 0.480 e. The van der Waals surface area contributed by atoms with E-state index in [1.54, 1.807) is 0 Å². The zero-order valence-corrected chi connectivity index (χ0v) is 20.5. The molecule has 4 unspecified atom stereocenters. The number of nitrogens with two attached hydrogens (primary N) is 3. The van der Waals surface area contributed by atoms with Gasteiger partial charge >= 0.3 is 5.97 Å². The molecule has 34 heavy (non-hydrogen) atoms. The second-order valence-corrected chi connectivity index (χ2v) is 9.20. The average Bonchev–Trinajstić information content (AvgIpc) is 2.72. The number of thioether (sulfide) groups is 1. The molecule has 0 aliphatic rings. The van der Waals surface area contributed by atoms with E-state index in [9.17, 15) is 33.9 Å². The standard InChI is InChI=1S/C20H36N6O7S/c1-10(2)8-13(25-17(29)11(21)6-7-34-3)19(31)24-12(4-5-15(22)27)18(30)26-14(20(32)33)9-16(23)28/h10-14H,4-9,21H2,1-3H3,(H2,22,27)(H2,23,28)(H,24,31)(H,25,29)(H,26,30)(H,32,33). The van der Waals surface area contributed by atoms with E-state index < -0.39 is 66.1 Å². The lowest BCUT2D eigenvalue weighted by Gasteiger charge is -2.25. The van der Waals surface area contributed by atoms with E-state index >= 15 is 0 Å². The molecule has 14 heteroatoms. The SMILES string of the molecule is CSCCC(N)C(=O)NC(CC(C)C)C(=O)NC(CCC(N)=O)C(=O)NC(CC(N)=O)C(=O)O. The van der Waals surface area contributed by atoms with Gasteiger partial charge in [-0.2, -0.15) is 11.8 Å². The number of aliphatic carboxylic acids is 1. The molecule has 0 saturated heterocycles. The fourth-order valence-electron chi connectivity index (χ4n) is 2.86. The molecule has 0 bridgehead atoms. The monoisotopic (exact) mass is 504 g/mol. The molecule has 5 amide bonds. The van der Waals surface area contributed by atoms with E-state index in [4.69, 9.17) is 17.2 Å². The minimum Gasteiger partial charge on any atom is -0.480 e. The van der Waals surface area contributed by atoms with Crippen molar-refractivity contribution >= 4 is 47.3 Å². The highest BCUT2D eigenvalue weighted by Gasteiger charge is 2.31. The third kappa shape index (κ3) is 13.0. The van der Waals surface area contributed by atoms with Gasteiger partial charge in [0.05, 0.1) is 12.5 Å². The smallest absolute Gasteiger partial charge is 0.326 e. The highest BCUT2D eigenvalue weighted by molar-refractivity contribution is 7.98. The first-order valence-corrected chi connectivity index (χ1v) is 12.1. The van der Waals surface area contributed by atoms with Crippen LogP contribution < -0.4 is 33.2 Å². The molecule has 194 valence electrons. The third-order valence-electron chi connectivity index (χ3n) is 4.64. The molecular weight excluding hydrogens is 468 g/mol. The lowest BCUT2D eigenvalue weighted by atomic mass is 10.0. The zero-order valence-electron chi connectivity index (χ0n) is 19.7. The minimum absolute atomic E-state index is 0.0108. The van der Waals surface area contributed by atoms with Crippen LogP contribution in [0.3, 0.4) is 0 Å². The molecule has 0 aliphatic heterocycles.